The van der Waals surface area contributed by atoms with E-state index in [2.05, 4.69) is 46.1 Å². The van der Waals surface area contributed by atoms with Gasteiger partial charge < -0.3 is 9.64 Å². The Morgan fingerprint density at radius 2 is 1.87 bits per heavy atom. The molecule has 1 spiro atoms. The van der Waals surface area contributed by atoms with Crippen molar-refractivity contribution in [3.05, 3.63) is 47.4 Å². The number of para-hydroxylation sites is 1. The molecule has 1 aromatic heterocycles. The van der Waals surface area contributed by atoms with Crippen molar-refractivity contribution < 1.29 is 4.74 Å². The van der Waals surface area contributed by atoms with Crippen LogP contribution in [0.2, 0.25) is 0 Å². The second-order valence-electron chi connectivity index (χ2n) is 6.80. The molecule has 3 heterocycles. The molecule has 4 nitrogen and oxygen atoms in total. The lowest BCUT2D eigenvalue weighted by atomic mass is 9.83. The predicted molar refractivity (Wildman–Crippen MR) is 91.1 cm³/mol. The summed E-state index contributed by atoms with van der Waals surface area (Å²) < 4.78 is 6.44. The van der Waals surface area contributed by atoms with Crippen molar-refractivity contribution in [3.63, 3.8) is 0 Å². The lowest BCUT2D eigenvalue weighted by molar-refractivity contribution is 0.0224. The Morgan fingerprint density at radius 3 is 2.70 bits per heavy atom. The molecule has 2 aliphatic heterocycles. The van der Waals surface area contributed by atoms with Crippen LogP contribution in [0.25, 0.3) is 0 Å². The maximum atomic E-state index is 6.44. The van der Waals surface area contributed by atoms with Crippen molar-refractivity contribution in [2.75, 3.05) is 18.0 Å². The quantitative estimate of drug-likeness (QED) is 0.808. The van der Waals surface area contributed by atoms with Gasteiger partial charge in [-0.1, -0.05) is 18.2 Å². The van der Waals surface area contributed by atoms with Crippen LogP contribution in [0.5, 0.6) is 5.75 Å². The van der Waals surface area contributed by atoms with Gasteiger partial charge in [-0.2, -0.15) is 0 Å². The minimum Gasteiger partial charge on any atom is -0.487 e. The summed E-state index contributed by atoms with van der Waals surface area (Å²) in [5, 5.41) is 0. The Bertz CT molecular complexity index is 720. The molecule has 120 valence electrons. The van der Waals surface area contributed by atoms with Gasteiger partial charge in [-0.25, -0.2) is 9.97 Å². The molecular weight excluding hydrogens is 286 g/mol. The van der Waals surface area contributed by atoms with Crippen LogP contribution in [0.1, 0.15) is 36.2 Å². The van der Waals surface area contributed by atoms with Gasteiger partial charge in [0.25, 0.3) is 0 Å². The van der Waals surface area contributed by atoms with E-state index in [-0.39, 0.29) is 5.60 Å². The number of hydrogen-bond acceptors (Lipinski definition) is 4. The minimum atomic E-state index is 0.0147. The van der Waals surface area contributed by atoms with Crippen molar-refractivity contribution in [2.24, 2.45) is 0 Å². The van der Waals surface area contributed by atoms with Crippen LogP contribution in [-0.4, -0.2) is 28.7 Å². The summed E-state index contributed by atoms with van der Waals surface area (Å²) in [5.41, 5.74) is 2.52. The average molecular weight is 309 g/mol. The monoisotopic (exact) mass is 309 g/mol. The standard InChI is InChI=1S/C19H23N3O/c1-14-13-20-15(2)21-18(14)22-11-9-19(10-12-22)8-7-16-5-3-4-6-17(16)23-19/h3-6,13H,7-12H2,1-2H3. The summed E-state index contributed by atoms with van der Waals surface area (Å²) in [7, 11) is 0. The van der Waals surface area contributed by atoms with Crippen molar-refractivity contribution in [3.8, 4) is 5.75 Å². The third kappa shape index (κ3) is 2.67. The van der Waals surface area contributed by atoms with Gasteiger partial charge in [-0.15, -0.1) is 0 Å². The fourth-order valence-electron chi connectivity index (χ4n) is 3.77. The Balaban J connectivity index is 1.50. The van der Waals surface area contributed by atoms with E-state index in [9.17, 15) is 0 Å². The lowest BCUT2D eigenvalue weighted by Crippen LogP contribution is -2.50. The number of hydrogen-bond donors (Lipinski definition) is 0. The summed E-state index contributed by atoms with van der Waals surface area (Å²) in [5.74, 6) is 3.01. The summed E-state index contributed by atoms with van der Waals surface area (Å²) >= 11 is 0. The highest BCUT2D eigenvalue weighted by Gasteiger charge is 2.39. The number of ether oxygens (including phenoxy) is 1. The maximum absolute atomic E-state index is 6.44. The van der Waals surface area contributed by atoms with Crippen LogP contribution >= 0.6 is 0 Å². The van der Waals surface area contributed by atoms with E-state index in [4.69, 9.17) is 4.74 Å². The SMILES string of the molecule is Cc1ncc(C)c(N2CCC3(CCc4ccccc4O3)CC2)n1. The minimum absolute atomic E-state index is 0.0147. The average Bonchev–Trinajstić information content (AvgIpc) is 2.58. The van der Waals surface area contributed by atoms with Crippen LogP contribution in [0.15, 0.2) is 30.5 Å². The van der Waals surface area contributed by atoms with Gasteiger partial charge in [0.15, 0.2) is 0 Å². The molecule has 2 aliphatic rings. The van der Waals surface area contributed by atoms with E-state index in [1.165, 1.54) is 5.56 Å². The number of anilines is 1. The Morgan fingerprint density at radius 1 is 1.09 bits per heavy atom. The number of aryl methyl sites for hydroxylation is 3. The molecule has 4 rings (SSSR count). The molecule has 0 amide bonds. The smallest absolute Gasteiger partial charge is 0.135 e. The molecule has 0 unspecified atom stereocenters. The van der Waals surface area contributed by atoms with Gasteiger partial charge in [0.2, 0.25) is 0 Å². The van der Waals surface area contributed by atoms with E-state index in [1.807, 2.05) is 13.1 Å². The van der Waals surface area contributed by atoms with E-state index in [0.717, 1.165) is 61.7 Å². The molecule has 1 aromatic carbocycles. The van der Waals surface area contributed by atoms with Crippen molar-refractivity contribution in [1.29, 1.82) is 0 Å². The molecule has 0 saturated carbocycles. The molecule has 1 fully saturated rings. The fraction of sp³-hybridized carbons (Fsp3) is 0.474. The van der Waals surface area contributed by atoms with Crippen LogP contribution in [0.4, 0.5) is 5.82 Å². The van der Waals surface area contributed by atoms with Gasteiger partial charge in [0, 0.05) is 37.7 Å². The number of rotatable bonds is 1. The molecule has 0 radical (unpaired) electrons. The number of aromatic nitrogens is 2. The van der Waals surface area contributed by atoms with Crippen LogP contribution in [-0.2, 0) is 6.42 Å². The van der Waals surface area contributed by atoms with Gasteiger partial charge in [0.05, 0.1) is 0 Å². The van der Waals surface area contributed by atoms with Gasteiger partial charge in [0.1, 0.15) is 23.0 Å². The van der Waals surface area contributed by atoms with Crippen molar-refractivity contribution >= 4 is 5.82 Å². The third-order valence-corrected chi connectivity index (χ3v) is 5.19. The Kier molecular flexibility index (Phi) is 3.47. The first-order chi connectivity index (χ1) is 11.2. The fourth-order valence-corrected chi connectivity index (χ4v) is 3.77. The topological polar surface area (TPSA) is 38.2 Å². The molecular formula is C19H23N3O. The summed E-state index contributed by atoms with van der Waals surface area (Å²) in [6.07, 6.45) is 6.30. The van der Waals surface area contributed by atoms with Gasteiger partial charge >= 0.3 is 0 Å². The Hall–Kier alpha value is -2.10. The highest BCUT2D eigenvalue weighted by Crippen LogP contribution is 2.39. The zero-order valence-electron chi connectivity index (χ0n) is 13.9. The van der Waals surface area contributed by atoms with Crippen LogP contribution in [0.3, 0.4) is 0 Å². The van der Waals surface area contributed by atoms with Crippen LogP contribution < -0.4 is 9.64 Å². The third-order valence-electron chi connectivity index (χ3n) is 5.19. The van der Waals surface area contributed by atoms with Crippen molar-refractivity contribution in [1.82, 2.24) is 9.97 Å². The lowest BCUT2D eigenvalue weighted by Gasteiger charge is -2.45. The zero-order chi connectivity index (χ0) is 15.9. The molecule has 23 heavy (non-hydrogen) atoms. The number of fused-ring (bicyclic) bond motifs is 1. The van der Waals surface area contributed by atoms with E-state index < -0.39 is 0 Å². The first-order valence-electron chi connectivity index (χ1n) is 8.47. The van der Waals surface area contributed by atoms with Crippen LogP contribution in [0, 0.1) is 13.8 Å². The van der Waals surface area contributed by atoms with E-state index in [0.29, 0.717) is 0 Å². The normalized spacial score (nSPS) is 19.3. The maximum Gasteiger partial charge on any atom is 0.135 e. The molecule has 0 aliphatic carbocycles. The highest BCUT2D eigenvalue weighted by molar-refractivity contribution is 5.46. The molecule has 0 atom stereocenters. The van der Waals surface area contributed by atoms with E-state index in [1.54, 1.807) is 0 Å². The van der Waals surface area contributed by atoms with Gasteiger partial charge in [-0.05, 0) is 38.3 Å². The second kappa shape index (κ2) is 5.52. The molecule has 0 N–H and O–H groups in total. The molecule has 2 aromatic rings. The molecule has 1 saturated heterocycles. The second-order valence-corrected chi connectivity index (χ2v) is 6.80. The molecule has 0 bridgehead atoms. The van der Waals surface area contributed by atoms with E-state index >= 15 is 0 Å². The first-order valence-corrected chi connectivity index (χ1v) is 8.47. The summed E-state index contributed by atoms with van der Waals surface area (Å²) in [4.78, 5) is 11.3. The summed E-state index contributed by atoms with van der Waals surface area (Å²) in [6.45, 7) is 6.04. The zero-order valence-corrected chi connectivity index (χ0v) is 13.9. The number of nitrogens with zero attached hydrogens (tertiary/aromatic N) is 3. The predicted octanol–water partition coefficient (Wildman–Crippen LogP) is 3.46. The molecule has 4 heteroatoms. The highest BCUT2D eigenvalue weighted by atomic mass is 16.5. The Labute approximate surface area is 137 Å². The largest absolute Gasteiger partial charge is 0.487 e. The van der Waals surface area contributed by atoms with Crippen molar-refractivity contribution in [2.45, 2.75) is 45.1 Å². The number of benzene rings is 1. The first kappa shape index (κ1) is 14.5. The summed E-state index contributed by atoms with van der Waals surface area (Å²) in [6, 6.07) is 8.47. The number of piperidine rings is 1. The van der Waals surface area contributed by atoms with Gasteiger partial charge in [-0.3, -0.25) is 0 Å².